The van der Waals surface area contributed by atoms with E-state index in [4.69, 9.17) is 0 Å². The predicted molar refractivity (Wildman–Crippen MR) is 59.9 cm³/mol. The summed E-state index contributed by atoms with van der Waals surface area (Å²) >= 11 is 1.45. The van der Waals surface area contributed by atoms with Crippen LogP contribution < -0.4 is 0 Å². The minimum Gasteiger partial charge on any atom is -0.298 e. The molecule has 1 unspecified atom stereocenters. The smallest absolute Gasteiger partial charge is 0.157 e. The molecule has 84 valence electrons. The number of hydrogen-bond donors (Lipinski definition) is 0. The molecule has 1 heterocycles. The Morgan fingerprint density at radius 2 is 2.20 bits per heavy atom. The van der Waals surface area contributed by atoms with Gasteiger partial charge in [0, 0.05) is 11.6 Å². The van der Waals surface area contributed by atoms with E-state index in [1.165, 1.54) is 18.3 Å². The Morgan fingerprint density at radius 3 is 2.60 bits per heavy atom. The quantitative estimate of drug-likeness (QED) is 0.796. The molecule has 6 heteroatoms. The zero-order valence-electron chi connectivity index (χ0n) is 8.85. The van der Waals surface area contributed by atoms with Crippen molar-refractivity contribution >= 4 is 27.0 Å². The highest BCUT2D eigenvalue weighted by Crippen LogP contribution is 2.11. The average Bonchev–Trinajstić information content (AvgIpc) is 2.48. The topological polar surface area (TPSA) is 64.1 Å². The van der Waals surface area contributed by atoms with Gasteiger partial charge in [-0.2, -0.15) is 0 Å². The maximum atomic E-state index is 11.6. The molecule has 0 saturated carbocycles. The number of sulfone groups is 1. The summed E-state index contributed by atoms with van der Waals surface area (Å²) < 4.78 is 22.3. The van der Waals surface area contributed by atoms with E-state index in [-0.39, 0.29) is 12.2 Å². The van der Waals surface area contributed by atoms with Crippen LogP contribution in [-0.2, 0) is 21.1 Å². The van der Waals surface area contributed by atoms with E-state index >= 15 is 0 Å². The molecule has 1 aromatic heterocycles. The molecule has 0 fully saturated rings. The van der Waals surface area contributed by atoms with Crippen LogP contribution in [0.15, 0.2) is 5.38 Å². The number of thiazole rings is 1. The maximum absolute atomic E-state index is 11.6. The van der Waals surface area contributed by atoms with E-state index in [1.807, 2.05) is 6.92 Å². The van der Waals surface area contributed by atoms with Gasteiger partial charge >= 0.3 is 0 Å². The lowest BCUT2D eigenvalue weighted by Gasteiger charge is -2.06. The van der Waals surface area contributed by atoms with Crippen molar-refractivity contribution < 1.29 is 13.2 Å². The third-order valence-electron chi connectivity index (χ3n) is 2.12. The van der Waals surface area contributed by atoms with Gasteiger partial charge in [0.25, 0.3) is 0 Å². The highest BCUT2D eigenvalue weighted by molar-refractivity contribution is 7.92. The van der Waals surface area contributed by atoms with E-state index < -0.39 is 15.1 Å². The van der Waals surface area contributed by atoms with Crippen LogP contribution in [0.1, 0.15) is 17.6 Å². The number of carbonyl (C=O) groups is 1. The summed E-state index contributed by atoms with van der Waals surface area (Å²) in [6, 6.07) is 0. The van der Waals surface area contributed by atoms with Gasteiger partial charge in [-0.25, -0.2) is 13.4 Å². The Labute approximate surface area is 93.3 Å². The van der Waals surface area contributed by atoms with Crippen LogP contribution in [0, 0.1) is 6.92 Å². The van der Waals surface area contributed by atoms with Crippen LogP contribution in [-0.4, -0.2) is 30.7 Å². The first-order chi connectivity index (χ1) is 6.80. The minimum atomic E-state index is -3.29. The predicted octanol–water partition coefficient (Wildman–Crippen LogP) is 0.996. The first-order valence-corrected chi connectivity index (χ1v) is 7.26. The van der Waals surface area contributed by atoms with E-state index in [2.05, 4.69) is 4.98 Å². The summed E-state index contributed by atoms with van der Waals surface area (Å²) in [4.78, 5) is 15.7. The molecule has 0 radical (unpaired) electrons. The number of hydrogen-bond acceptors (Lipinski definition) is 5. The Morgan fingerprint density at radius 1 is 1.60 bits per heavy atom. The molecule has 0 amide bonds. The minimum absolute atomic E-state index is 0.0958. The lowest BCUT2D eigenvalue weighted by molar-refractivity contribution is -0.117. The Balaban J connectivity index is 2.72. The second-order valence-electron chi connectivity index (χ2n) is 3.47. The lowest BCUT2D eigenvalue weighted by Crippen LogP contribution is -2.27. The number of Topliss-reactive ketones (excluding diaryl/α,β-unsaturated/α-hetero) is 1. The van der Waals surface area contributed by atoms with E-state index in [0.29, 0.717) is 5.69 Å². The number of carbonyl (C=O) groups excluding carboxylic acids is 1. The second kappa shape index (κ2) is 4.40. The molecular formula is C9H13NO3S2. The fraction of sp³-hybridized carbons (Fsp3) is 0.556. The molecule has 0 aliphatic carbocycles. The zero-order chi connectivity index (χ0) is 11.6. The lowest BCUT2D eigenvalue weighted by atomic mass is 10.2. The van der Waals surface area contributed by atoms with Crippen LogP contribution in [0.3, 0.4) is 0 Å². The van der Waals surface area contributed by atoms with Gasteiger partial charge in [-0.3, -0.25) is 4.79 Å². The van der Waals surface area contributed by atoms with Gasteiger partial charge < -0.3 is 0 Å². The van der Waals surface area contributed by atoms with Gasteiger partial charge in [0.1, 0.15) is 5.25 Å². The summed E-state index contributed by atoms with van der Waals surface area (Å²) in [6.45, 7) is 3.26. The van der Waals surface area contributed by atoms with Crippen molar-refractivity contribution in [1.29, 1.82) is 0 Å². The van der Waals surface area contributed by atoms with Crippen LogP contribution in [0.4, 0.5) is 0 Å². The molecular weight excluding hydrogens is 234 g/mol. The number of nitrogens with zero attached hydrogens (tertiary/aromatic N) is 1. The molecule has 15 heavy (non-hydrogen) atoms. The zero-order valence-corrected chi connectivity index (χ0v) is 10.5. The van der Waals surface area contributed by atoms with Crippen molar-refractivity contribution in [3.8, 4) is 0 Å². The molecule has 0 aliphatic heterocycles. The van der Waals surface area contributed by atoms with Crippen molar-refractivity contribution in [2.24, 2.45) is 0 Å². The molecule has 0 aliphatic rings. The number of ketones is 1. The van der Waals surface area contributed by atoms with Gasteiger partial charge in [-0.05, 0) is 13.8 Å². The number of aryl methyl sites for hydroxylation is 1. The van der Waals surface area contributed by atoms with Crippen molar-refractivity contribution in [2.45, 2.75) is 25.5 Å². The Bertz CT molecular complexity index is 461. The number of aromatic nitrogens is 1. The molecule has 1 aromatic rings. The summed E-state index contributed by atoms with van der Waals surface area (Å²) in [7, 11) is -3.29. The first-order valence-electron chi connectivity index (χ1n) is 4.43. The standard InChI is InChI=1S/C9H13NO3S2/c1-6(15(3,12)13)9(11)4-8-5-14-7(2)10-8/h5-6H,4H2,1-3H3. The van der Waals surface area contributed by atoms with Gasteiger partial charge in [0.2, 0.25) is 0 Å². The molecule has 1 atom stereocenters. The summed E-state index contributed by atoms with van der Waals surface area (Å²) in [5.74, 6) is -0.303. The van der Waals surface area contributed by atoms with Crippen LogP contribution in [0.5, 0.6) is 0 Å². The number of rotatable bonds is 4. The van der Waals surface area contributed by atoms with E-state index in [1.54, 1.807) is 5.38 Å². The summed E-state index contributed by atoms with van der Waals surface area (Å²) in [5, 5.41) is 1.71. The molecule has 4 nitrogen and oxygen atoms in total. The maximum Gasteiger partial charge on any atom is 0.157 e. The van der Waals surface area contributed by atoms with Crippen molar-refractivity contribution in [1.82, 2.24) is 4.98 Å². The largest absolute Gasteiger partial charge is 0.298 e. The fourth-order valence-corrected chi connectivity index (χ4v) is 2.22. The molecule has 0 N–H and O–H groups in total. The van der Waals surface area contributed by atoms with Crippen LogP contribution in [0.25, 0.3) is 0 Å². The van der Waals surface area contributed by atoms with Crippen molar-refractivity contribution in [3.05, 3.63) is 16.1 Å². The van der Waals surface area contributed by atoms with Gasteiger partial charge in [-0.15, -0.1) is 11.3 Å². The third kappa shape index (κ3) is 3.39. The van der Waals surface area contributed by atoms with Crippen molar-refractivity contribution in [3.63, 3.8) is 0 Å². The second-order valence-corrected chi connectivity index (χ2v) is 6.90. The van der Waals surface area contributed by atoms with Crippen molar-refractivity contribution in [2.75, 3.05) is 6.26 Å². The first kappa shape index (κ1) is 12.3. The summed E-state index contributed by atoms with van der Waals surface area (Å²) in [6.07, 6.45) is 1.17. The fourth-order valence-electron chi connectivity index (χ4n) is 1.05. The normalized spacial score (nSPS) is 13.8. The van der Waals surface area contributed by atoms with E-state index in [9.17, 15) is 13.2 Å². The van der Waals surface area contributed by atoms with E-state index in [0.717, 1.165) is 11.3 Å². The highest BCUT2D eigenvalue weighted by Gasteiger charge is 2.23. The van der Waals surface area contributed by atoms with Gasteiger partial charge in [0.05, 0.1) is 17.1 Å². The van der Waals surface area contributed by atoms with Gasteiger partial charge in [-0.1, -0.05) is 0 Å². The molecule has 0 saturated heterocycles. The Hall–Kier alpha value is -0.750. The SMILES string of the molecule is Cc1nc(CC(=O)C(C)S(C)(=O)=O)cs1. The average molecular weight is 247 g/mol. The van der Waals surface area contributed by atoms with Crippen LogP contribution in [0.2, 0.25) is 0 Å². The Kier molecular flexibility index (Phi) is 3.62. The van der Waals surface area contributed by atoms with Gasteiger partial charge in [0.15, 0.2) is 15.6 Å². The summed E-state index contributed by atoms with van der Waals surface area (Å²) in [5.41, 5.74) is 0.651. The molecule has 0 spiro atoms. The molecule has 0 aromatic carbocycles. The monoisotopic (exact) mass is 247 g/mol. The molecule has 1 rings (SSSR count). The highest BCUT2D eigenvalue weighted by atomic mass is 32.2. The molecule has 0 bridgehead atoms. The third-order valence-corrected chi connectivity index (χ3v) is 4.49. The van der Waals surface area contributed by atoms with Crippen LogP contribution >= 0.6 is 11.3 Å².